The molecule has 0 aromatic heterocycles. The summed E-state index contributed by atoms with van der Waals surface area (Å²) in [6.07, 6.45) is 3.07. The number of allylic oxidation sites excluding steroid dienone is 1. The summed E-state index contributed by atoms with van der Waals surface area (Å²) in [4.78, 5) is 11.3. The van der Waals surface area contributed by atoms with Crippen LogP contribution >= 0.6 is 0 Å². The summed E-state index contributed by atoms with van der Waals surface area (Å²) in [5, 5.41) is 0. The fraction of sp³-hybridized carbons (Fsp3) is 0.667. The Morgan fingerprint density at radius 2 is 2.58 bits per heavy atom. The molecule has 1 atom stereocenters. The van der Waals surface area contributed by atoms with Crippen molar-refractivity contribution in [3.05, 3.63) is 11.8 Å². The first-order valence-electron chi connectivity index (χ1n) is 4.13. The lowest BCUT2D eigenvalue weighted by Gasteiger charge is -2.08. The van der Waals surface area contributed by atoms with Gasteiger partial charge in [-0.2, -0.15) is 0 Å². The second kappa shape index (κ2) is 4.26. The van der Waals surface area contributed by atoms with Crippen LogP contribution in [-0.2, 0) is 14.3 Å². The van der Waals surface area contributed by atoms with Crippen molar-refractivity contribution in [1.29, 1.82) is 0 Å². The normalized spacial score (nSPS) is 18.3. The number of methoxy groups -OCH3 is 1. The van der Waals surface area contributed by atoms with Gasteiger partial charge in [0.25, 0.3) is 0 Å². The zero-order chi connectivity index (χ0) is 8.97. The van der Waals surface area contributed by atoms with Gasteiger partial charge in [0.2, 0.25) is 0 Å². The molecule has 3 heteroatoms. The molecule has 0 amide bonds. The third-order valence-electron chi connectivity index (χ3n) is 1.86. The zero-order valence-electron chi connectivity index (χ0n) is 7.50. The Kier molecular flexibility index (Phi) is 3.29. The van der Waals surface area contributed by atoms with Gasteiger partial charge in [0.05, 0.1) is 12.7 Å². The number of carbonyl (C=O) groups is 1. The van der Waals surface area contributed by atoms with E-state index in [1.165, 1.54) is 0 Å². The molecule has 0 saturated heterocycles. The maximum Gasteiger partial charge on any atom is 0.199 e. The Morgan fingerprint density at radius 3 is 3.08 bits per heavy atom. The lowest BCUT2D eigenvalue weighted by atomic mass is 10.1. The number of carbonyl (C=O) groups excluding carboxylic acids is 1. The molecular formula is C9H14O3. The third kappa shape index (κ3) is 2.34. The average molecular weight is 170 g/mol. The highest BCUT2D eigenvalue weighted by Crippen LogP contribution is 2.13. The maximum atomic E-state index is 11.3. The van der Waals surface area contributed by atoms with Crippen LogP contribution in [0.1, 0.15) is 19.8 Å². The Bertz CT molecular complexity index is 196. The van der Waals surface area contributed by atoms with Crippen LogP contribution in [-0.4, -0.2) is 25.6 Å². The summed E-state index contributed by atoms with van der Waals surface area (Å²) >= 11 is 0. The van der Waals surface area contributed by atoms with Gasteiger partial charge in [0.1, 0.15) is 0 Å². The van der Waals surface area contributed by atoms with E-state index in [9.17, 15) is 4.79 Å². The molecule has 12 heavy (non-hydrogen) atoms. The average Bonchev–Trinajstić information content (AvgIpc) is 2.56. The van der Waals surface area contributed by atoms with Gasteiger partial charge in [-0.1, -0.05) is 0 Å². The Labute approximate surface area is 72.4 Å². The van der Waals surface area contributed by atoms with Gasteiger partial charge in [-0.15, -0.1) is 0 Å². The topological polar surface area (TPSA) is 35.5 Å². The van der Waals surface area contributed by atoms with Crippen LogP contribution < -0.4 is 0 Å². The lowest BCUT2D eigenvalue weighted by Crippen LogP contribution is -2.14. The molecule has 0 aliphatic carbocycles. The molecule has 0 radical (unpaired) electrons. The van der Waals surface area contributed by atoms with Crippen molar-refractivity contribution in [3.8, 4) is 0 Å². The van der Waals surface area contributed by atoms with Crippen LogP contribution in [0, 0.1) is 0 Å². The predicted molar refractivity (Wildman–Crippen MR) is 44.7 cm³/mol. The molecule has 1 heterocycles. The number of hydrogen-bond acceptors (Lipinski definition) is 3. The van der Waals surface area contributed by atoms with Crippen LogP contribution in [0.3, 0.4) is 0 Å². The molecule has 0 N–H and O–H groups in total. The monoisotopic (exact) mass is 170 g/mol. The zero-order valence-corrected chi connectivity index (χ0v) is 7.50. The van der Waals surface area contributed by atoms with E-state index in [2.05, 4.69) is 0 Å². The standard InChI is InChI=1S/C9H14O3/c1-7(11-2)6-8(10)9-4-3-5-12-9/h4,7H,3,5-6H2,1-2H3. The smallest absolute Gasteiger partial charge is 0.199 e. The summed E-state index contributed by atoms with van der Waals surface area (Å²) in [7, 11) is 1.60. The summed E-state index contributed by atoms with van der Waals surface area (Å²) in [6, 6.07) is 0. The SMILES string of the molecule is COC(C)CC(=O)C1=CCCO1. The Morgan fingerprint density at radius 1 is 1.83 bits per heavy atom. The van der Waals surface area contributed by atoms with Gasteiger partial charge >= 0.3 is 0 Å². The Hall–Kier alpha value is -0.830. The minimum absolute atomic E-state index is 0.0254. The van der Waals surface area contributed by atoms with Crippen molar-refractivity contribution in [2.24, 2.45) is 0 Å². The van der Waals surface area contributed by atoms with Crippen LogP contribution in [0.2, 0.25) is 0 Å². The molecular weight excluding hydrogens is 156 g/mol. The first-order valence-corrected chi connectivity index (χ1v) is 4.13. The van der Waals surface area contributed by atoms with Crippen LogP contribution in [0.5, 0.6) is 0 Å². The largest absolute Gasteiger partial charge is 0.490 e. The van der Waals surface area contributed by atoms with Crippen molar-refractivity contribution in [2.45, 2.75) is 25.9 Å². The summed E-state index contributed by atoms with van der Waals surface area (Å²) < 4.78 is 10.1. The van der Waals surface area contributed by atoms with Gasteiger partial charge in [-0.05, 0) is 13.0 Å². The molecule has 0 spiro atoms. The van der Waals surface area contributed by atoms with Crippen molar-refractivity contribution in [2.75, 3.05) is 13.7 Å². The van der Waals surface area contributed by atoms with Gasteiger partial charge < -0.3 is 9.47 Å². The first-order chi connectivity index (χ1) is 5.74. The Balaban J connectivity index is 2.37. The summed E-state index contributed by atoms with van der Waals surface area (Å²) in [5.41, 5.74) is 0. The fourth-order valence-electron chi connectivity index (χ4n) is 1.06. The molecule has 0 aromatic carbocycles. The van der Waals surface area contributed by atoms with Crippen molar-refractivity contribution in [1.82, 2.24) is 0 Å². The van der Waals surface area contributed by atoms with Crippen molar-refractivity contribution >= 4 is 5.78 Å². The molecule has 1 aliphatic heterocycles. The highest BCUT2D eigenvalue weighted by atomic mass is 16.5. The molecule has 0 saturated carbocycles. The number of ketones is 1. The van der Waals surface area contributed by atoms with E-state index in [-0.39, 0.29) is 11.9 Å². The molecule has 0 bridgehead atoms. The van der Waals surface area contributed by atoms with E-state index in [0.29, 0.717) is 18.8 Å². The summed E-state index contributed by atoms with van der Waals surface area (Å²) in [6.45, 7) is 2.51. The molecule has 3 nitrogen and oxygen atoms in total. The number of ether oxygens (including phenoxy) is 2. The molecule has 0 aromatic rings. The van der Waals surface area contributed by atoms with Gasteiger partial charge in [-0.3, -0.25) is 4.79 Å². The van der Waals surface area contributed by atoms with E-state index >= 15 is 0 Å². The molecule has 1 aliphatic rings. The summed E-state index contributed by atoms with van der Waals surface area (Å²) in [5.74, 6) is 0.556. The number of Topliss-reactive ketones (excluding diaryl/α,β-unsaturated/α-hetero) is 1. The third-order valence-corrected chi connectivity index (χ3v) is 1.86. The van der Waals surface area contributed by atoms with Gasteiger partial charge in [0.15, 0.2) is 11.5 Å². The quantitative estimate of drug-likeness (QED) is 0.637. The van der Waals surface area contributed by atoms with E-state index in [1.807, 2.05) is 13.0 Å². The van der Waals surface area contributed by atoms with Crippen molar-refractivity contribution in [3.63, 3.8) is 0 Å². The van der Waals surface area contributed by atoms with E-state index in [1.54, 1.807) is 7.11 Å². The molecule has 68 valence electrons. The van der Waals surface area contributed by atoms with Crippen LogP contribution in [0.25, 0.3) is 0 Å². The van der Waals surface area contributed by atoms with Crippen LogP contribution in [0.15, 0.2) is 11.8 Å². The van der Waals surface area contributed by atoms with Gasteiger partial charge in [0, 0.05) is 20.0 Å². The second-order valence-electron chi connectivity index (χ2n) is 2.88. The van der Waals surface area contributed by atoms with Crippen LogP contribution in [0.4, 0.5) is 0 Å². The van der Waals surface area contributed by atoms with E-state index in [4.69, 9.17) is 9.47 Å². The number of hydrogen-bond donors (Lipinski definition) is 0. The second-order valence-corrected chi connectivity index (χ2v) is 2.88. The minimum Gasteiger partial charge on any atom is -0.490 e. The molecule has 0 fully saturated rings. The predicted octanol–water partition coefficient (Wildman–Crippen LogP) is 1.28. The van der Waals surface area contributed by atoms with E-state index < -0.39 is 0 Å². The van der Waals surface area contributed by atoms with Gasteiger partial charge in [-0.25, -0.2) is 0 Å². The minimum atomic E-state index is -0.0254. The molecule has 1 rings (SSSR count). The lowest BCUT2D eigenvalue weighted by molar-refractivity contribution is -0.120. The fourth-order valence-corrected chi connectivity index (χ4v) is 1.06. The first kappa shape index (κ1) is 9.26. The highest BCUT2D eigenvalue weighted by Gasteiger charge is 2.17. The van der Waals surface area contributed by atoms with Crippen molar-refractivity contribution < 1.29 is 14.3 Å². The maximum absolute atomic E-state index is 11.3. The number of rotatable bonds is 4. The van der Waals surface area contributed by atoms with E-state index in [0.717, 1.165) is 6.42 Å². The molecule has 1 unspecified atom stereocenters. The highest BCUT2D eigenvalue weighted by molar-refractivity contribution is 5.93.